The largest absolute Gasteiger partial charge is 0.466 e. The average molecular weight is 372 g/mol. The van der Waals surface area contributed by atoms with Crippen LogP contribution in [-0.2, 0) is 14.4 Å². The molecule has 144 valence electrons. The Morgan fingerprint density at radius 1 is 1.48 bits per heavy atom. The van der Waals surface area contributed by atoms with E-state index in [0.717, 1.165) is 30.7 Å². The number of oxime groups is 1. The zero-order valence-corrected chi connectivity index (χ0v) is 15.6. The minimum Gasteiger partial charge on any atom is -0.466 e. The molecule has 0 radical (unpaired) electrons. The normalized spacial score (nSPS) is 25.4. The summed E-state index contributed by atoms with van der Waals surface area (Å²) < 4.78 is 18.5. The van der Waals surface area contributed by atoms with Gasteiger partial charge in [0.2, 0.25) is 0 Å². The molecule has 0 unspecified atom stereocenters. The molecule has 0 amide bonds. The number of esters is 1. The van der Waals surface area contributed by atoms with Crippen LogP contribution < -0.4 is 0 Å². The molecule has 0 N–H and O–H groups in total. The molecule has 2 heterocycles. The van der Waals surface area contributed by atoms with Crippen LogP contribution in [0.25, 0.3) is 0 Å². The molecule has 2 aliphatic heterocycles. The fraction of sp³-hybridized carbons (Fsp3) is 0.524. The number of terminal acetylenes is 1. The van der Waals surface area contributed by atoms with Crippen molar-refractivity contribution >= 4 is 11.7 Å². The molecule has 3 rings (SSSR count). The number of hydrogen-bond donors (Lipinski definition) is 0. The van der Waals surface area contributed by atoms with Crippen molar-refractivity contribution in [2.24, 2.45) is 10.6 Å². The molecule has 0 saturated carbocycles. The van der Waals surface area contributed by atoms with Crippen LogP contribution in [-0.4, -0.2) is 48.9 Å². The Balaban J connectivity index is 1.71. The van der Waals surface area contributed by atoms with Crippen molar-refractivity contribution in [1.82, 2.24) is 4.90 Å². The number of nitrogens with zero attached hydrogens (tertiary/aromatic N) is 2. The Bertz CT molecular complexity index is 741. The fourth-order valence-electron chi connectivity index (χ4n) is 3.98. The highest BCUT2D eigenvalue weighted by molar-refractivity contribution is 6.01. The summed E-state index contributed by atoms with van der Waals surface area (Å²) in [4.78, 5) is 20.6. The topological polar surface area (TPSA) is 51.1 Å². The number of rotatable bonds is 6. The Kier molecular flexibility index (Phi) is 6.12. The molecule has 0 aliphatic carbocycles. The second-order valence-corrected chi connectivity index (χ2v) is 7.20. The van der Waals surface area contributed by atoms with Gasteiger partial charge in [-0.1, -0.05) is 23.2 Å². The van der Waals surface area contributed by atoms with Gasteiger partial charge in [-0.2, -0.15) is 0 Å². The van der Waals surface area contributed by atoms with E-state index >= 15 is 0 Å². The quantitative estimate of drug-likeness (QED) is 0.569. The maximum absolute atomic E-state index is 13.1. The number of halogens is 1. The van der Waals surface area contributed by atoms with Gasteiger partial charge in [0.15, 0.2) is 0 Å². The number of carbonyl (C=O) groups is 1. The second-order valence-electron chi connectivity index (χ2n) is 7.20. The summed E-state index contributed by atoms with van der Waals surface area (Å²) in [5, 5.41) is 4.17. The first-order chi connectivity index (χ1) is 13.1. The summed E-state index contributed by atoms with van der Waals surface area (Å²) in [7, 11) is 0. The van der Waals surface area contributed by atoms with Gasteiger partial charge < -0.3 is 9.57 Å². The van der Waals surface area contributed by atoms with E-state index in [1.165, 1.54) is 12.1 Å². The minimum absolute atomic E-state index is 0.189. The van der Waals surface area contributed by atoms with Crippen molar-refractivity contribution in [1.29, 1.82) is 0 Å². The third-order valence-corrected chi connectivity index (χ3v) is 5.21. The van der Waals surface area contributed by atoms with Crippen molar-refractivity contribution in [3.8, 4) is 12.3 Å². The SMILES string of the molecule is C#CCN1CCC[C@@](C[C@@H]2CC(c3ccc(F)cc3)=NO2)(C(=O)OCC)C1. The van der Waals surface area contributed by atoms with Crippen LogP contribution >= 0.6 is 0 Å². The molecule has 2 atom stereocenters. The first-order valence-electron chi connectivity index (χ1n) is 9.38. The maximum atomic E-state index is 13.1. The molecule has 1 aromatic rings. The van der Waals surface area contributed by atoms with Crippen LogP contribution in [0, 0.1) is 23.6 Å². The molecule has 1 fully saturated rings. The van der Waals surface area contributed by atoms with Crippen molar-refractivity contribution in [2.45, 2.75) is 38.7 Å². The summed E-state index contributed by atoms with van der Waals surface area (Å²) in [5.41, 5.74) is 0.973. The summed E-state index contributed by atoms with van der Waals surface area (Å²) in [6.45, 7) is 4.13. The van der Waals surface area contributed by atoms with Crippen LogP contribution in [0.1, 0.15) is 38.2 Å². The highest BCUT2D eigenvalue weighted by Gasteiger charge is 2.46. The van der Waals surface area contributed by atoms with E-state index in [1.54, 1.807) is 12.1 Å². The zero-order chi connectivity index (χ0) is 19.3. The van der Waals surface area contributed by atoms with Gasteiger partial charge in [0, 0.05) is 19.4 Å². The number of piperidine rings is 1. The van der Waals surface area contributed by atoms with Crippen molar-refractivity contribution in [3.63, 3.8) is 0 Å². The van der Waals surface area contributed by atoms with Crippen LogP contribution in [0.2, 0.25) is 0 Å². The van der Waals surface area contributed by atoms with E-state index in [-0.39, 0.29) is 17.9 Å². The van der Waals surface area contributed by atoms with Gasteiger partial charge in [-0.25, -0.2) is 4.39 Å². The Hall–Kier alpha value is -2.39. The van der Waals surface area contributed by atoms with E-state index in [9.17, 15) is 9.18 Å². The van der Waals surface area contributed by atoms with Crippen LogP contribution in [0.5, 0.6) is 0 Å². The molecular formula is C21H25FN2O3. The molecule has 5 nitrogen and oxygen atoms in total. The van der Waals surface area contributed by atoms with Gasteiger partial charge in [-0.05, 0) is 44.0 Å². The Labute approximate surface area is 159 Å². The Morgan fingerprint density at radius 2 is 2.26 bits per heavy atom. The lowest BCUT2D eigenvalue weighted by molar-refractivity contribution is -0.162. The van der Waals surface area contributed by atoms with E-state index < -0.39 is 5.41 Å². The highest BCUT2D eigenvalue weighted by atomic mass is 19.1. The zero-order valence-electron chi connectivity index (χ0n) is 15.6. The predicted molar refractivity (Wildman–Crippen MR) is 101 cm³/mol. The number of carbonyl (C=O) groups excluding carboxylic acids is 1. The van der Waals surface area contributed by atoms with Crippen molar-refractivity contribution < 1.29 is 18.8 Å². The van der Waals surface area contributed by atoms with E-state index in [1.807, 2.05) is 6.92 Å². The predicted octanol–water partition coefficient (Wildman–Crippen LogP) is 2.99. The molecule has 6 heteroatoms. The molecule has 1 saturated heterocycles. The van der Waals surface area contributed by atoms with E-state index in [0.29, 0.717) is 32.5 Å². The van der Waals surface area contributed by atoms with Crippen LogP contribution in [0.4, 0.5) is 4.39 Å². The summed E-state index contributed by atoms with van der Waals surface area (Å²) in [6.07, 6.45) is 8.00. The van der Waals surface area contributed by atoms with Crippen molar-refractivity contribution in [3.05, 3.63) is 35.6 Å². The van der Waals surface area contributed by atoms with E-state index in [4.69, 9.17) is 16.0 Å². The lowest BCUT2D eigenvalue weighted by Gasteiger charge is -2.41. The summed E-state index contributed by atoms with van der Waals surface area (Å²) in [5.74, 6) is 2.19. The Morgan fingerprint density at radius 3 is 2.96 bits per heavy atom. The summed E-state index contributed by atoms with van der Waals surface area (Å²) >= 11 is 0. The third kappa shape index (κ3) is 4.48. The van der Waals surface area contributed by atoms with E-state index in [2.05, 4.69) is 16.0 Å². The standard InChI is InChI=1S/C21H25FN2O3/c1-3-11-24-12-5-10-21(15-24,20(25)26-4-2)14-18-13-19(23-27-18)16-6-8-17(22)9-7-16/h1,6-9,18H,4-5,10-15H2,2H3/t18-,21-/m0/s1. The molecule has 1 aromatic carbocycles. The first-order valence-corrected chi connectivity index (χ1v) is 9.38. The third-order valence-electron chi connectivity index (χ3n) is 5.21. The minimum atomic E-state index is -0.635. The molecule has 2 aliphatic rings. The first kappa shape index (κ1) is 19.4. The average Bonchev–Trinajstić information content (AvgIpc) is 3.11. The van der Waals surface area contributed by atoms with Crippen molar-refractivity contribution in [2.75, 3.05) is 26.2 Å². The van der Waals surface area contributed by atoms with Gasteiger partial charge in [-0.3, -0.25) is 9.69 Å². The van der Waals surface area contributed by atoms with Crippen LogP contribution in [0.3, 0.4) is 0 Å². The highest BCUT2D eigenvalue weighted by Crippen LogP contribution is 2.38. The number of benzene rings is 1. The van der Waals surface area contributed by atoms with Gasteiger partial charge in [0.05, 0.1) is 24.3 Å². The molecule has 27 heavy (non-hydrogen) atoms. The molecule has 0 aromatic heterocycles. The molecule has 0 bridgehead atoms. The van der Waals surface area contributed by atoms with Crippen LogP contribution in [0.15, 0.2) is 29.4 Å². The lowest BCUT2D eigenvalue weighted by Crippen LogP contribution is -2.50. The maximum Gasteiger partial charge on any atom is 0.313 e. The fourth-order valence-corrected chi connectivity index (χ4v) is 3.98. The number of hydrogen-bond acceptors (Lipinski definition) is 5. The van der Waals surface area contributed by atoms with Gasteiger partial charge in [0.25, 0.3) is 0 Å². The number of ether oxygens (including phenoxy) is 1. The second kappa shape index (κ2) is 8.53. The smallest absolute Gasteiger partial charge is 0.313 e. The molecule has 0 spiro atoms. The van der Waals surface area contributed by atoms with Gasteiger partial charge in [-0.15, -0.1) is 6.42 Å². The lowest BCUT2D eigenvalue weighted by atomic mass is 9.74. The molecular weight excluding hydrogens is 347 g/mol. The van der Waals surface area contributed by atoms with Gasteiger partial charge >= 0.3 is 5.97 Å². The summed E-state index contributed by atoms with van der Waals surface area (Å²) in [6, 6.07) is 6.20. The monoisotopic (exact) mass is 372 g/mol. The van der Waals surface area contributed by atoms with Gasteiger partial charge in [0.1, 0.15) is 11.9 Å². The number of likely N-dealkylation sites (tertiary alicyclic amines) is 1.